The number of nitrogens with two attached hydrogens (primary N) is 1. The quantitative estimate of drug-likeness (QED) is 0.881. The van der Waals surface area contributed by atoms with Crippen molar-refractivity contribution in [3.05, 3.63) is 52.5 Å². The lowest BCUT2D eigenvalue weighted by molar-refractivity contribution is 0.197. The summed E-state index contributed by atoms with van der Waals surface area (Å²) in [6.45, 7) is 3.03. The van der Waals surface area contributed by atoms with Gasteiger partial charge in [-0.3, -0.25) is 9.88 Å². The first-order valence-corrected chi connectivity index (χ1v) is 7.54. The molecule has 2 heterocycles. The number of hydrogen-bond acceptors (Lipinski definition) is 4. The third kappa shape index (κ3) is 3.62. The van der Waals surface area contributed by atoms with Gasteiger partial charge in [-0.2, -0.15) is 11.3 Å². The van der Waals surface area contributed by atoms with E-state index in [1.165, 1.54) is 5.56 Å². The Morgan fingerprint density at radius 2 is 2.21 bits per heavy atom. The summed E-state index contributed by atoms with van der Waals surface area (Å²) in [5.41, 5.74) is 8.68. The molecule has 0 aliphatic heterocycles. The maximum absolute atomic E-state index is 6.30. The first-order chi connectivity index (χ1) is 9.22. The van der Waals surface area contributed by atoms with Crippen LogP contribution in [-0.4, -0.2) is 23.0 Å². The molecule has 0 spiro atoms. The van der Waals surface area contributed by atoms with Crippen LogP contribution in [0.5, 0.6) is 0 Å². The molecule has 2 atom stereocenters. The van der Waals surface area contributed by atoms with Gasteiger partial charge in [-0.25, -0.2) is 0 Å². The minimum absolute atomic E-state index is 0.0959. The fraction of sp³-hybridized carbons (Fsp3) is 0.400. The van der Waals surface area contributed by atoms with Gasteiger partial charge in [0.1, 0.15) is 0 Å². The van der Waals surface area contributed by atoms with Gasteiger partial charge < -0.3 is 5.73 Å². The molecule has 0 radical (unpaired) electrons. The Morgan fingerprint density at radius 3 is 2.79 bits per heavy atom. The Morgan fingerprint density at radius 1 is 1.37 bits per heavy atom. The van der Waals surface area contributed by atoms with Gasteiger partial charge in [-0.15, -0.1) is 0 Å². The number of rotatable bonds is 6. The van der Waals surface area contributed by atoms with Gasteiger partial charge in [-0.05, 0) is 48.0 Å². The third-order valence-corrected chi connectivity index (χ3v) is 4.09. The van der Waals surface area contributed by atoms with E-state index < -0.39 is 0 Å². The van der Waals surface area contributed by atoms with E-state index >= 15 is 0 Å². The zero-order chi connectivity index (χ0) is 13.7. The van der Waals surface area contributed by atoms with Crippen LogP contribution in [0.4, 0.5) is 0 Å². The van der Waals surface area contributed by atoms with Crippen molar-refractivity contribution < 1.29 is 0 Å². The van der Waals surface area contributed by atoms with E-state index in [0.717, 1.165) is 18.7 Å². The molecule has 0 saturated heterocycles. The summed E-state index contributed by atoms with van der Waals surface area (Å²) in [4.78, 5) is 6.77. The van der Waals surface area contributed by atoms with Crippen LogP contribution in [0.2, 0.25) is 0 Å². The highest BCUT2D eigenvalue weighted by atomic mass is 32.1. The number of hydrogen-bond donors (Lipinski definition) is 1. The fourth-order valence-electron chi connectivity index (χ4n) is 2.32. The molecule has 0 fully saturated rings. The van der Waals surface area contributed by atoms with E-state index in [2.05, 4.69) is 46.7 Å². The molecule has 0 aliphatic rings. The second kappa shape index (κ2) is 6.80. The smallest absolute Gasteiger partial charge is 0.0673 e. The van der Waals surface area contributed by atoms with Gasteiger partial charge >= 0.3 is 0 Å². The molecular weight excluding hydrogens is 254 g/mol. The van der Waals surface area contributed by atoms with Crippen molar-refractivity contribution in [2.24, 2.45) is 5.73 Å². The minimum atomic E-state index is 0.0959. The Kier molecular flexibility index (Phi) is 5.07. The first-order valence-electron chi connectivity index (χ1n) is 6.60. The Balaban J connectivity index is 2.18. The molecule has 4 heteroatoms. The lowest BCUT2D eigenvalue weighted by Crippen LogP contribution is -2.39. The zero-order valence-corrected chi connectivity index (χ0v) is 12.3. The van der Waals surface area contributed by atoms with Gasteiger partial charge in [0.2, 0.25) is 0 Å². The second-order valence-corrected chi connectivity index (χ2v) is 5.60. The van der Waals surface area contributed by atoms with Gasteiger partial charge in [-0.1, -0.05) is 13.0 Å². The van der Waals surface area contributed by atoms with Crippen LogP contribution in [-0.2, 0) is 6.54 Å². The van der Waals surface area contributed by atoms with Gasteiger partial charge in [0.15, 0.2) is 0 Å². The van der Waals surface area contributed by atoms with E-state index in [0.29, 0.717) is 0 Å². The topological polar surface area (TPSA) is 42.1 Å². The normalized spacial score (nSPS) is 14.5. The average Bonchev–Trinajstić information content (AvgIpc) is 2.93. The Bertz CT molecular complexity index is 469. The number of aromatic nitrogens is 1. The summed E-state index contributed by atoms with van der Waals surface area (Å²) < 4.78 is 0. The van der Waals surface area contributed by atoms with Crippen LogP contribution in [0.25, 0.3) is 0 Å². The second-order valence-electron chi connectivity index (χ2n) is 4.82. The van der Waals surface area contributed by atoms with Gasteiger partial charge in [0.05, 0.1) is 11.7 Å². The lowest BCUT2D eigenvalue weighted by atomic mass is 10.0. The minimum Gasteiger partial charge on any atom is -0.326 e. The fourth-order valence-corrected chi connectivity index (χ4v) is 2.97. The van der Waals surface area contributed by atoms with Gasteiger partial charge in [0.25, 0.3) is 0 Å². The highest BCUT2D eigenvalue weighted by Crippen LogP contribution is 2.24. The Hall–Kier alpha value is -1.23. The van der Waals surface area contributed by atoms with Crippen molar-refractivity contribution in [3.8, 4) is 0 Å². The lowest BCUT2D eigenvalue weighted by Gasteiger charge is -2.31. The molecule has 0 saturated carbocycles. The summed E-state index contributed by atoms with van der Waals surface area (Å²) in [6, 6.07) is 8.44. The van der Waals surface area contributed by atoms with Crippen molar-refractivity contribution in [1.82, 2.24) is 9.88 Å². The van der Waals surface area contributed by atoms with E-state index in [4.69, 9.17) is 5.73 Å². The molecule has 3 nitrogen and oxygen atoms in total. The summed E-state index contributed by atoms with van der Waals surface area (Å²) in [6.07, 6.45) is 2.78. The molecule has 2 N–H and O–H groups in total. The van der Waals surface area contributed by atoms with Crippen LogP contribution >= 0.6 is 11.3 Å². The molecule has 2 aromatic heterocycles. The summed E-state index contributed by atoms with van der Waals surface area (Å²) in [5, 5.41) is 4.29. The van der Waals surface area contributed by atoms with E-state index in [-0.39, 0.29) is 12.1 Å². The predicted octanol–water partition coefficient (Wildman–Crippen LogP) is 3.05. The van der Waals surface area contributed by atoms with Crippen molar-refractivity contribution in [1.29, 1.82) is 0 Å². The van der Waals surface area contributed by atoms with E-state index in [1.54, 1.807) is 11.3 Å². The molecule has 19 heavy (non-hydrogen) atoms. The van der Waals surface area contributed by atoms with Gasteiger partial charge in [0, 0.05) is 18.8 Å². The maximum Gasteiger partial charge on any atom is 0.0673 e. The molecule has 102 valence electrons. The first kappa shape index (κ1) is 14.2. The van der Waals surface area contributed by atoms with Crippen molar-refractivity contribution in [2.45, 2.75) is 32.0 Å². The molecule has 0 bridgehead atoms. The molecule has 0 aliphatic carbocycles. The maximum atomic E-state index is 6.30. The molecule has 2 aromatic rings. The van der Waals surface area contributed by atoms with Crippen molar-refractivity contribution in [2.75, 3.05) is 7.05 Å². The number of likely N-dealkylation sites (N-methyl/N-ethyl adjacent to an activating group) is 1. The Labute approximate surface area is 119 Å². The molecule has 2 rings (SSSR count). The SMILES string of the molecule is CCC(N)C(c1ccccn1)N(C)Cc1ccsc1. The largest absolute Gasteiger partial charge is 0.326 e. The standard InChI is InChI=1S/C15H21N3S/c1-3-13(16)15(14-6-4-5-8-17-14)18(2)10-12-7-9-19-11-12/h4-9,11,13,15H,3,10,16H2,1-2H3. The van der Waals surface area contributed by atoms with Crippen molar-refractivity contribution in [3.63, 3.8) is 0 Å². The summed E-state index contributed by atoms with van der Waals surface area (Å²) in [7, 11) is 2.12. The van der Waals surface area contributed by atoms with Crippen molar-refractivity contribution >= 4 is 11.3 Å². The highest BCUT2D eigenvalue weighted by Gasteiger charge is 2.24. The summed E-state index contributed by atoms with van der Waals surface area (Å²) in [5.74, 6) is 0. The zero-order valence-electron chi connectivity index (χ0n) is 11.5. The van der Waals surface area contributed by atoms with E-state index in [1.807, 2.05) is 18.3 Å². The number of pyridine rings is 1. The molecular formula is C15H21N3S. The monoisotopic (exact) mass is 275 g/mol. The molecule has 0 amide bonds. The third-order valence-electron chi connectivity index (χ3n) is 3.35. The average molecular weight is 275 g/mol. The van der Waals surface area contributed by atoms with Crippen LogP contribution in [0.3, 0.4) is 0 Å². The molecule has 0 aromatic carbocycles. The summed E-state index contributed by atoms with van der Waals surface area (Å²) >= 11 is 1.73. The van der Waals surface area contributed by atoms with Crippen LogP contribution in [0.1, 0.15) is 30.6 Å². The highest BCUT2D eigenvalue weighted by molar-refractivity contribution is 7.07. The van der Waals surface area contributed by atoms with Crippen LogP contribution in [0.15, 0.2) is 41.2 Å². The molecule has 2 unspecified atom stereocenters. The number of nitrogens with zero attached hydrogens (tertiary/aromatic N) is 2. The number of thiophene rings is 1. The van der Waals surface area contributed by atoms with Crippen LogP contribution in [0, 0.1) is 0 Å². The van der Waals surface area contributed by atoms with Crippen LogP contribution < -0.4 is 5.73 Å². The van der Waals surface area contributed by atoms with E-state index in [9.17, 15) is 0 Å². The predicted molar refractivity (Wildman–Crippen MR) is 81.0 cm³/mol.